The Labute approximate surface area is 178 Å². The van der Waals surface area contributed by atoms with Crippen molar-refractivity contribution in [3.05, 3.63) is 0 Å². The predicted molar refractivity (Wildman–Crippen MR) is 116 cm³/mol. The van der Waals surface area contributed by atoms with Crippen LogP contribution in [0.15, 0.2) is 0 Å². The third kappa shape index (κ3) is 8.30. The Morgan fingerprint density at radius 3 is 1.52 bits per heavy atom. The van der Waals surface area contributed by atoms with Crippen LogP contribution < -0.4 is 0 Å². The molecule has 4 atom stereocenters. The van der Waals surface area contributed by atoms with Crippen LogP contribution in [0.2, 0.25) is 0 Å². The van der Waals surface area contributed by atoms with Gasteiger partial charge in [-0.3, -0.25) is 9.59 Å². The van der Waals surface area contributed by atoms with Gasteiger partial charge >= 0.3 is 11.9 Å². The molecule has 0 radical (unpaired) electrons. The molecule has 2 rings (SSSR count). The van der Waals surface area contributed by atoms with Gasteiger partial charge in [0, 0.05) is 0 Å². The molecule has 0 aromatic heterocycles. The maximum atomic E-state index is 12.1. The monoisotopic (exact) mass is 408 g/mol. The van der Waals surface area contributed by atoms with Crippen LogP contribution in [0, 0.1) is 34.5 Å². The highest BCUT2D eigenvalue weighted by Crippen LogP contribution is 2.42. The van der Waals surface area contributed by atoms with Crippen LogP contribution >= 0.6 is 0 Å². The smallest absolute Gasteiger partial charge is 0.317 e. The first-order valence-corrected chi connectivity index (χ1v) is 11.8. The summed E-state index contributed by atoms with van der Waals surface area (Å²) in [5.74, 6) is 0.957. The second-order valence-electron chi connectivity index (χ2n) is 11.5. The highest BCUT2D eigenvalue weighted by Gasteiger charge is 2.32. The van der Waals surface area contributed by atoms with Gasteiger partial charge in [-0.05, 0) is 60.2 Å². The molecule has 0 N–H and O–H groups in total. The molecule has 0 amide bonds. The Bertz CT molecular complexity index is 503. The van der Waals surface area contributed by atoms with Crippen molar-refractivity contribution in [1.29, 1.82) is 0 Å². The molecule has 2 aliphatic rings. The van der Waals surface area contributed by atoms with Crippen molar-refractivity contribution < 1.29 is 19.1 Å². The van der Waals surface area contributed by atoms with Gasteiger partial charge < -0.3 is 9.47 Å². The molecule has 2 fully saturated rings. The van der Waals surface area contributed by atoms with Crippen LogP contribution in [0.3, 0.4) is 0 Å². The summed E-state index contributed by atoms with van der Waals surface area (Å²) in [7, 11) is 0. The molecular weight excluding hydrogens is 364 g/mol. The standard InChI is InChI=1S/C25H44O4/c1-18(20-9-7-11-24(3,4)14-20)16-28-22(26)13-23(27)29-17-19(2)21-10-8-12-25(5,6)15-21/h18-21H,7-17H2,1-6H3. The average molecular weight is 409 g/mol. The van der Waals surface area contributed by atoms with Crippen LogP contribution in [-0.4, -0.2) is 25.2 Å². The number of carbonyl (C=O) groups is 2. The van der Waals surface area contributed by atoms with Gasteiger partial charge in [0.1, 0.15) is 6.42 Å². The van der Waals surface area contributed by atoms with Crippen LogP contribution in [0.4, 0.5) is 0 Å². The zero-order valence-electron chi connectivity index (χ0n) is 19.7. The average Bonchev–Trinajstić information content (AvgIpc) is 2.62. The molecule has 0 bridgehead atoms. The third-order valence-corrected chi connectivity index (χ3v) is 7.40. The summed E-state index contributed by atoms with van der Waals surface area (Å²) in [6.07, 6.45) is 9.56. The van der Waals surface area contributed by atoms with Gasteiger partial charge in [-0.25, -0.2) is 0 Å². The number of carbonyl (C=O) groups excluding carboxylic acids is 2. The van der Waals surface area contributed by atoms with Crippen LogP contribution in [0.1, 0.15) is 99.3 Å². The Morgan fingerprint density at radius 2 is 1.17 bits per heavy atom. The lowest BCUT2D eigenvalue weighted by molar-refractivity contribution is -0.156. The molecule has 2 saturated carbocycles. The van der Waals surface area contributed by atoms with E-state index >= 15 is 0 Å². The van der Waals surface area contributed by atoms with Gasteiger partial charge in [0.05, 0.1) is 13.2 Å². The highest BCUT2D eigenvalue weighted by molar-refractivity contribution is 5.91. The fraction of sp³-hybridized carbons (Fsp3) is 0.920. The van der Waals surface area contributed by atoms with E-state index in [0.29, 0.717) is 47.7 Å². The first kappa shape index (κ1) is 24.2. The van der Waals surface area contributed by atoms with E-state index in [1.165, 1.54) is 51.4 Å². The van der Waals surface area contributed by atoms with Crippen molar-refractivity contribution in [3.8, 4) is 0 Å². The lowest BCUT2D eigenvalue weighted by atomic mass is 9.69. The van der Waals surface area contributed by atoms with Gasteiger partial charge in [0.2, 0.25) is 0 Å². The molecule has 168 valence electrons. The van der Waals surface area contributed by atoms with E-state index in [2.05, 4.69) is 41.5 Å². The number of hydrogen-bond acceptors (Lipinski definition) is 4. The van der Waals surface area contributed by atoms with Gasteiger partial charge in [-0.15, -0.1) is 0 Å². The zero-order valence-corrected chi connectivity index (χ0v) is 19.7. The first-order valence-electron chi connectivity index (χ1n) is 11.8. The van der Waals surface area contributed by atoms with E-state index in [-0.39, 0.29) is 6.42 Å². The Kier molecular flexibility index (Phi) is 8.60. The van der Waals surface area contributed by atoms with E-state index in [4.69, 9.17) is 9.47 Å². The summed E-state index contributed by atoms with van der Waals surface area (Å²) in [5, 5.41) is 0. The molecule has 2 aliphatic carbocycles. The molecule has 0 aliphatic heterocycles. The van der Waals surface area contributed by atoms with Gasteiger partial charge in [0.25, 0.3) is 0 Å². The minimum absolute atomic E-state index is 0.272. The van der Waals surface area contributed by atoms with Crippen molar-refractivity contribution in [2.24, 2.45) is 34.5 Å². The Morgan fingerprint density at radius 1 is 0.793 bits per heavy atom. The van der Waals surface area contributed by atoms with E-state index in [9.17, 15) is 9.59 Å². The van der Waals surface area contributed by atoms with Gasteiger partial charge in [-0.1, -0.05) is 67.2 Å². The number of rotatable bonds is 8. The minimum atomic E-state index is -0.455. The van der Waals surface area contributed by atoms with Crippen molar-refractivity contribution in [1.82, 2.24) is 0 Å². The zero-order chi connectivity index (χ0) is 21.7. The molecule has 0 aromatic rings. The van der Waals surface area contributed by atoms with Crippen LogP contribution in [-0.2, 0) is 19.1 Å². The highest BCUT2D eigenvalue weighted by atomic mass is 16.6. The lowest BCUT2D eigenvalue weighted by Crippen LogP contribution is -2.30. The Balaban J connectivity index is 1.65. The maximum absolute atomic E-state index is 12.1. The second kappa shape index (κ2) is 10.3. The van der Waals surface area contributed by atoms with Crippen LogP contribution in [0.25, 0.3) is 0 Å². The minimum Gasteiger partial charge on any atom is -0.465 e. The molecule has 0 spiro atoms. The maximum Gasteiger partial charge on any atom is 0.317 e. The van der Waals surface area contributed by atoms with Crippen molar-refractivity contribution >= 4 is 11.9 Å². The number of ether oxygens (including phenoxy) is 2. The summed E-state index contributed by atoms with van der Waals surface area (Å²) in [6.45, 7) is 14.4. The van der Waals surface area contributed by atoms with Gasteiger partial charge in [-0.2, -0.15) is 0 Å². The molecule has 4 nitrogen and oxygen atoms in total. The summed E-state index contributed by atoms with van der Waals surface area (Å²) >= 11 is 0. The molecular formula is C25H44O4. The molecule has 0 heterocycles. The van der Waals surface area contributed by atoms with Crippen molar-refractivity contribution in [3.63, 3.8) is 0 Å². The second-order valence-corrected chi connectivity index (χ2v) is 11.5. The normalized spacial score (nSPS) is 28.2. The molecule has 0 aromatic carbocycles. The largest absolute Gasteiger partial charge is 0.465 e. The summed E-state index contributed by atoms with van der Waals surface area (Å²) in [4.78, 5) is 24.2. The third-order valence-electron chi connectivity index (χ3n) is 7.40. The predicted octanol–water partition coefficient (Wildman–Crippen LogP) is 6.17. The first-order chi connectivity index (χ1) is 13.5. The van der Waals surface area contributed by atoms with E-state index in [1.807, 2.05) is 0 Å². The Hall–Kier alpha value is -1.06. The fourth-order valence-electron chi connectivity index (χ4n) is 5.43. The lowest BCUT2D eigenvalue weighted by Gasteiger charge is -2.38. The van der Waals surface area contributed by atoms with E-state index < -0.39 is 11.9 Å². The fourth-order valence-corrected chi connectivity index (χ4v) is 5.43. The number of esters is 2. The topological polar surface area (TPSA) is 52.6 Å². The number of hydrogen-bond donors (Lipinski definition) is 0. The quantitative estimate of drug-likeness (QED) is 0.356. The van der Waals surface area contributed by atoms with Crippen LogP contribution in [0.5, 0.6) is 0 Å². The van der Waals surface area contributed by atoms with E-state index in [1.54, 1.807) is 0 Å². The molecule has 4 heteroatoms. The van der Waals surface area contributed by atoms with Gasteiger partial charge in [0.15, 0.2) is 0 Å². The molecule has 29 heavy (non-hydrogen) atoms. The molecule has 0 saturated heterocycles. The summed E-state index contributed by atoms with van der Waals surface area (Å²) in [6, 6.07) is 0. The summed E-state index contributed by atoms with van der Waals surface area (Å²) < 4.78 is 10.8. The van der Waals surface area contributed by atoms with E-state index in [0.717, 1.165) is 0 Å². The molecule has 4 unspecified atom stereocenters. The SMILES string of the molecule is CC(COC(=O)CC(=O)OCC(C)C1CCCC(C)(C)C1)C1CCCC(C)(C)C1. The van der Waals surface area contributed by atoms with Crippen molar-refractivity contribution in [2.75, 3.05) is 13.2 Å². The van der Waals surface area contributed by atoms with Crippen molar-refractivity contribution in [2.45, 2.75) is 99.3 Å². The summed E-state index contributed by atoms with van der Waals surface area (Å²) in [5.41, 5.74) is 0.768.